The van der Waals surface area contributed by atoms with Crippen LogP contribution in [0.5, 0.6) is 11.5 Å². The van der Waals surface area contributed by atoms with Crippen LogP contribution in [0.3, 0.4) is 0 Å². The van der Waals surface area contributed by atoms with Gasteiger partial charge in [-0.05, 0) is 67.9 Å². The monoisotopic (exact) mass is 503 g/mol. The Morgan fingerprint density at radius 1 is 0.778 bits per heavy atom. The number of carbonyl (C=O) groups is 2. The van der Waals surface area contributed by atoms with Gasteiger partial charge in [-0.15, -0.1) is 0 Å². The minimum atomic E-state index is -0.410. The molecule has 0 unspecified atom stereocenters. The number of likely N-dealkylation sites (tertiary alicyclic amines) is 1. The average molecular weight is 504 g/mol. The second-order valence-corrected chi connectivity index (χ2v) is 8.72. The van der Waals surface area contributed by atoms with Crippen molar-refractivity contribution in [3.63, 3.8) is 0 Å². The fourth-order valence-electron chi connectivity index (χ4n) is 3.98. The van der Waals surface area contributed by atoms with E-state index in [-0.39, 0.29) is 17.6 Å². The molecule has 0 spiro atoms. The highest BCUT2D eigenvalue weighted by molar-refractivity contribution is 7.80. The average Bonchev–Trinajstić information content (AvgIpc) is 2.92. The van der Waals surface area contributed by atoms with Gasteiger partial charge in [-0.2, -0.15) is 0 Å². The number of para-hydroxylation sites is 3. The van der Waals surface area contributed by atoms with Crippen molar-refractivity contribution in [3.8, 4) is 11.5 Å². The molecule has 1 aliphatic rings. The summed E-state index contributed by atoms with van der Waals surface area (Å²) in [7, 11) is 0. The molecule has 1 fully saturated rings. The van der Waals surface area contributed by atoms with E-state index in [4.69, 9.17) is 21.7 Å². The van der Waals surface area contributed by atoms with Crippen LogP contribution >= 0.6 is 12.2 Å². The smallest absolute Gasteiger partial charge is 0.261 e. The lowest BCUT2D eigenvalue weighted by atomic mass is 10.1. The van der Waals surface area contributed by atoms with Crippen molar-refractivity contribution in [2.75, 3.05) is 31.6 Å². The highest BCUT2D eigenvalue weighted by Gasteiger charge is 2.21. The molecule has 0 atom stereocenters. The zero-order valence-corrected chi connectivity index (χ0v) is 20.8. The van der Waals surface area contributed by atoms with Crippen molar-refractivity contribution >= 4 is 34.8 Å². The largest absolute Gasteiger partial charge is 0.490 e. The molecule has 186 valence electrons. The maximum atomic E-state index is 13.0. The molecule has 1 saturated heterocycles. The van der Waals surface area contributed by atoms with E-state index in [0.717, 1.165) is 38.1 Å². The Labute approximate surface area is 216 Å². The molecule has 0 radical (unpaired) electrons. The number of rotatable bonds is 8. The number of ether oxygens (including phenoxy) is 2. The van der Waals surface area contributed by atoms with Crippen molar-refractivity contribution < 1.29 is 19.1 Å². The van der Waals surface area contributed by atoms with Crippen molar-refractivity contribution in [2.45, 2.75) is 19.3 Å². The van der Waals surface area contributed by atoms with Crippen LogP contribution in [0.15, 0.2) is 78.9 Å². The summed E-state index contributed by atoms with van der Waals surface area (Å²) in [5.41, 5.74) is 1.43. The molecule has 1 heterocycles. The lowest BCUT2D eigenvalue weighted by Gasteiger charge is -2.27. The summed E-state index contributed by atoms with van der Waals surface area (Å²) in [5.74, 6) is 0.730. The first-order valence-corrected chi connectivity index (χ1v) is 12.4. The molecule has 7 nitrogen and oxygen atoms in total. The molecular formula is C28H29N3O4S. The molecule has 3 aromatic rings. The summed E-state index contributed by atoms with van der Waals surface area (Å²) in [6, 6.07) is 23.6. The molecule has 0 bridgehead atoms. The van der Waals surface area contributed by atoms with Crippen molar-refractivity contribution in [2.24, 2.45) is 0 Å². The Kier molecular flexibility index (Phi) is 8.88. The topological polar surface area (TPSA) is 79.9 Å². The lowest BCUT2D eigenvalue weighted by Crippen LogP contribution is -2.37. The second kappa shape index (κ2) is 12.7. The van der Waals surface area contributed by atoms with Crippen LogP contribution < -0.4 is 20.1 Å². The molecule has 1 aliphatic heterocycles. The van der Waals surface area contributed by atoms with Gasteiger partial charge in [-0.1, -0.05) is 42.5 Å². The fourth-order valence-corrected chi connectivity index (χ4v) is 4.18. The van der Waals surface area contributed by atoms with E-state index in [2.05, 4.69) is 10.6 Å². The third kappa shape index (κ3) is 6.82. The normalized spacial score (nSPS) is 12.9. The number of anilines is 1. The minimum Gasteiger partial charge on any atom is -0.490 e. The van der Waals surface area contributed by atoms with Gasteiger partial charge in [0.2, 0.25) is 0 Å². The first kappa shape index (κ1) is 25.2. The Morgan fingerprint density at radius 2 is 1.42 bits per heavy atom. The number of piperidine rings is 1. The predicted molar refractivity (Wildman–Crippen MR) is 144 cm³/mol. The highest BCUT2D eigenvalue weighted by atomic mass is 32.1. The van der Waals surface area contributed by atoms with Crippen molar-refractivity contribution in [1.29, 1.82) is 0 Å². The first-order chi connectivity index (χ1) is 17.6. The molecule has 0 saturated carbocycles. The zero-order chi connectivity index (χ0) is 25.2. The number of amides is 2. The van der Waals surface area contributed by atoms with Gasteiger partial charge in [0.15, 0.2) is 5.11 Å². The van der Waals surface area contributed by atoms with E-state index in [0.29, 0.717) is 29.2 Å². The van der Waals surface area contributed by atoms with Crippen LogP contribution in [-0.4, -0.2) is 48.1 Å². The van der Waals surface area contributed by atoms with Crippen LogP contribution in [0.25, 0.3) is 0 Å². The quantitative estimate of drug-likeness (QED) is 0.336. The Morgan fingerprint density at radius 3 is 2.19 bits per heavy atom. The van der Waals surface area contributed by atoms with Gasteiger partial charge in [0.25, 0.3) is 11.8 Å². The minimum absolute atomic E-state index is 0.0385. The first-order valence-electron chi connectivity index (χ1n) is 12.0. The van der Waals surface area contributed by atoms with Crippen molar-refractivity contribution in [3.05, 3.63) is 90.0 Å². The molecule has 3 aromatic carbocycles. The summed E-state index contributed by atoms with van der Waals surface area (Å²) in [6.45, 7) is 2.11. The Hall–Kier alpha value is -3.91. The summed E-state index contributed by atoms with van der Waals surface area (Å²) < 4.78 is 11.4. The standard InChI is InChI=1S/C28H29N3O4S/c32-26(23-14-6-8-16-25(23)35-20-19-34-21-11-3-1-4-12-21)30-28(36)29-24-15-7-5-13-22(24)27(33)31-17-9-2-10-18-31/h1,3-8,11-16H,2,9-10,17-20H2,(H2,29,30,32,36). The molecule has 2 N–H and O–H groups in total. The third-order valence-electron chi connectivity index (χ3n) is 5.76. The molecule has 0 aliphatic carbocycles. The van der Waals surface area contributed by atoms with E-state index in [9.17, 15) is 9.59 Å². The fraction of sp³-hybridized carbons (Fsp3) is 0.250. The van der Waals surface area contributed by atoms with Crippen LogP contribution in [0.4, 0.5) is 5.69 Å². The van der Waals surface area contributed by atoms with E-state index >= 15 is 0 Å². The number of hydrogen-bond donors (Lipinski definition) is 2. The Balaban J connectivity index is 1.34. The van der Waals surface area contributed by atoms with Crippen LogP contribution in [0.1, 0.15) is 40.0 Å². The number of benzene rings is 3. The van der Waals surface area contributed by atoms with Gasteiger partial charge in [0.1, 0.15) is 24.7 Å². The number of carbonyl (C=O) groups excluding carboxylic acids is 2. The van der Waals surface area contributed by atoms with E-state index in [1.54, 1.807) is 36.4 Å². The summed E-state index contributed by atoms with van der Waals surface area (Å²) >= 11 is 5.39. The molecule has 4 rings (SSSR count). The third-order valence-corrected chi connectivity index (χ3v) is 5.96. The number of nitrogens with zero attached hydrogens (tertiary/aromatic N) is 1. The van der Waals surface area contributed by atoms with Gasteiger partial charge in [-0.3, -0.25) is 14.9 Å². The maximum Gasteiger partial charge on any atom is 0.261 e. The highest BCUT2D eigenvalue weighted by Crippen LogP contribution is 2.21. The van der Waals surface area contributed by atoms with Crippen LogP contribution in [0.2, 0.25) is 0 Å². The van der Waals surface area contributed by atoms with Crippen LogP contribution in [0, 0.1) is 0 Å². The summed E-state index contributed by atoms with van der Waals surface area (Å²) in [6.07, 6.45) is 3.16. The van der Waals surface area contributed by atoms with Crippen molar-refractivity contribution in [1.82, 2.24) is 10.2 Å². The van der Waals surface area contributed by atoms with E-state index in [1.165, 1.54) is 0 Å². The Bertz CT molecular complexity index is 1200. The van der Waals surface area contributed by atoms with Gasteiger partial charge >= 0.3 is 0 Å². The van der Waals surface area contributed by atoms with E-state index in [1.807, 2.05) is 47.4 Å². The second-order valence-electron chi connectivity index (χ2n) is 8.31. The summed E-state index contributed by atoms with van der Waals surface area (Å²) in [4.78, 5) is 27.9. The SMILES string of the molecule is O=C(NC(=S)Nc1ccccc1C(=O)N1CCCCC1)c1ccccc1OCCOc1ccccc1. The van der Waals surface area contributed by atoms with Gasteiger partial charge in [0.05, 0.1) is 16.8 Å². The van der Waals surface area contributed by atoms with Gasteiger partial charge in [0, 0.05) is 13.1 Å². The van der Waals surface area contributed by atoms with Gasteiger partial charge in [-0.25, -0.2) is 0 Å². The van der Waals surface area contributed by atoms with Gasteiger partial charge < -0.3 is 19.7 Å². The number of hydrogen-bond acceptors (Lipinski definition) is 5. The van der Waals surface area contributed by atoms with Crippen LogP contribution in [-0.2, 0) is 0 Å². The lowest BCUT2D eigenvalue weighted by molar-refractivity contribution is 0.0725. The zero-order valence-electron chi connectivity index (χ0n) is 19.9. The summed E-state index contributed by atoms with van der Waals surface area (Å²) in [5, 5.41) is 5.80. The molecule has 0 aromatic heterocycles. The number of thiocarbonyl (C=S) groups is 1. The van der Waals surface area contributed by atoms with E-state index < -0.39 is 5.91 Å². The molecule has 8 heteroatoms. The predicted octanol–water partition coefficient (Wildman–Crippen LogP) is 4.90. The molecule has 2 amide bonds. The maximum absolute atomic E-state index is 13.0. The number of nitrogens with one attached hydrogen (secondary N) is 2. The molecular weight excluding hydrogens is 474 g/mol. The molecule has 36 heavy (non-hydrogen) atoms.